The Hall–Kier alpha value is -1.51. The standard InChI is InChI=1S/C9H11NO2/c1-2-10-6-4-3-5-9-11-7-8-12-9/h2-6H,1,7-8H2/b4-3-,10-6?. The molecule has 0 N–H and O–H groups in total. The number of hydrogen-bond acceptors (Lipinski definition) is 3. The number of hydrogen-bond donors (Lipinski definition) is 0. The molecule has 1 saturated heterocycles. The van der Waals surface area contributed by atoms with E-state index in [1.54, 1.807) is 24.4 Å². The normalized spacial score (nSPS) is 16.5. The number of rotatable bonds is 3. The maximum atomic E-state index is 5.08. The van der Waals surface area contributed by atoms with Gasteiger partial charge in [0.05, 0.1) is 0 Å². The molecule has 0 unspecified atom stereocenters. The Labute approximate surface area is 71.7 Å². The third-order valence-corrected chi connectivity index (χ3v) is 1.19. The van der Waals surface area contributed by atoms with Gasteiger partial charge in [-0.2, -0.15) is 0 Å². The molecule has 1 aliphatic rings. The second-order valence-corrected chi connectivity index (χ2v) is 2.05. The molecule has 64 valence electrons. The van der Waals surface area contributed by atoms with Gasteiger partial charge in [0.15, 0.2) is 0 Å². The molecule has 0 radical (unpaired) electrons. The molecule has 3 heteroatoms. The Bertz CT molecular complexity index is 221. The first-order valence-corrected chi connectivity index (χ1v) is 3.70. The highest BCUT2D eigenvalue weighted by Gasteiger charge is 2.04. The fourth-order valence-corrected chi connectivity index (χ4v) is 0.717. The maximum absolute atomic E-state index is 5.08. The van der Waals surface area contributed by atoms with Crippen molar-refractivity contribution in [2.24, 2.45) is 4.99 Å². The zero-order valence-electron chi connectivity index (χ0n) is 6.77. The second kappa shape index (κ2) is 5.18. The average Bonchev–Trinajstić information content (AvgIpc) is 2.57. The molecule has 0 aromatic heterocycles. The van der Waals surface area contributed by atoms with Crippen LogP contribution < -0.4 is 0 Å². The highest BCUT2D eigenvalue weighted by atomic mass is 16.7. The van der Waals surface area contributed by atoms with Crippen LogP contribution in [0, 0.1) is 0 Å². The van der Waals surface area contributed by atoms with Crippen LogP contribution in [0.5, 0.6) is 0 Å². The molecule has 1 fully saturated rings. The first kappa shape index (κ1) is 8.59. The Morgan fingerprint density at radius 1 is 1.25 bits per heavy atom. The summed E-state index contributed by atoms with van der Waals surface area (Å²) in [5.74, 6) is 0.568. The Balaban J connectivity index is 2.31. The van der Waals surface area contributed by atoms with E-state index in [-0.39, 0.29) is 0 Å². The average molecular weight is 165 g/mol. The van der Waals surface area contributed by atoms with E-state index in [4.69, 9.17) is 9.47 Å². The summed E-state index contributed by atoms with van der Waals surface area (Å²) in [7, 11) is 0. The Morgan fingerprint density at radius 2 is 2.00 bits per heavy atom. The van der Waals surface area contributed by atoms with Crippen molar-refractivity contribution in [2.75, 3.05) is 13.2 Å². The van der Waals surface area contributed by atoms with E-state index >= 15 is 0 Å². The molecular weight excluding hydrogens is 154 g/mol. The van der Waals surface area contributed by atoms with Gasteiger partial charge < -0.3 is 9.47 Å². The van der Waals surface area contributed by atoms with Crippen molar-refractivity contribution in [3.8, 4) is 0 Å². The summed E-state index contributed by atoms with van der Waals surface area (Å²) in [6, 6.07) is 0. The second-order valence-electron chi connectivity index (χ2n) is 2.05. The number of ether oxygens (including phenoxy) is 2. The highest BCUT2D eigenvalue weighted by Crippen LogP contribution is 2.06. The van der Waals surface area contributed by atoms with Crippen LogP contribution in [0.15, 0.2) is 41.9 Å². The van der Waals surface area contributed by atoms with E-state index in [1.165, 1.54) is 6.20 Å². The predicted octanol–water partition coefficient (Wildman–Crippen LogP) is 1.65. The SMILES string of the molecule is C=CN=C/C=C\C=C1OCCO1. The molecule has 0 spiro atoms. The fourth-order valence-electron chi connectivity index (χ4n) is 0.717. The van der Waals surface area contributed by atoms with Crippen molar-refractivity contribution >= 4 is 6.21 Å². The lowest BCUT2D eigenvalue weighted by Crippen LogP contribution is -1.79. The van der Waals surface area contributed by atoms with E-state index in [0.29, 0.717) is 19.2 Å². The summed E-state index contributed by atoms with van der Waals surface area (Å²) < 4.78 is 10.2. The first-order chi connectivity index (χ1) is 5.93. The number of aliphatic imine (C=N–C) groups is 1. The summed E-state index contributed by atoms with van der Waals surface area (Å²) in [6.07, 6.45) is 8.44. The van der Waals surface area contributed by atoms with Crippen molar-refractivity contribution < 1.29 is 9.47 Å². The molecule has 12 heavy (non-hydrogen) atoms. The molecule has 1 aliphatic heterocycles. The topological polar surface area (TPSA) is 30.8 Å². The van der Waals surface area contributed by atoms with Gasteiger partial charge in [-0.15, -0.1) is 0 Å². The van der Waals surface area contributed by atoms with Crippen LogP contribution in [0.1, 0.15) is 0 Å². The van der Waals surface area contributed by atoms with Gasteiger partial charge in [-0.05, 0) is 6.08 Å². The monoisotopic (exact) mass is 165 g/mol. The zero-order chi connectivity index (χ0) is 8.65. The number of nitrogens with zero attached hydrogens (tertiary/aromatic N) is 1. The van der Waals surface area contributed by atoms with Gasteiger partial charge in [0.2, 0.25) is 0 Å². The zero-order valence-corrected chi connectivity index (χ0v) is 6.77. The van der Waals surface area contributed by atoms with Gasteiger partial charge in [-0.3, -0.25) is 4.99 Å². The molecule has 0 atom stereocenters. The molecule has 0 saturated carbocycles. The minimum Gasteiger partial charge on any atom is -0.462 e. The molecule has 0 amide bonds. The summed E-state index contributed by atoms with van der Waals surface area (Å²) in [5.41, 5.74) is 0. The molecule has 3 nitrogen and oxygen atoms in total. The maximum Gasteiger partial charge on any atom is 0.279 e. The van der Waals surface area contributed by atoms with Gasteiger partial charge in [0.1, 0.15) is 13.2 Å². The largest absolute Gasteiger partial charge is 0.462 e. The van der Waals surface area contributed by atoms with Gasteiger partial charge >= 0.3 is 0 Å². The first-order valence-electron chi connectivity index (χ1n) is 3.70. The number of allylic oxidation sites excluding steroid dienone is 3. The van der Waals surface area contributed by atoms with Crippen molar-refractivity contribution in [2.45, 2.75) is 0 Å². The minimum absolute atomic E-state index is 0.568. The van der Waals surface area contributed by atoms with Gasteiger partial charge in [0.25, 0.3) is 5.95 Å². The molecule has 0 aromatic rings. The van der Waals surface area contributed by atoms with Crippen molar-refractivity contribution in [1.82, 2.24) is 0 Å². The van der Waals surface area contributed by atoms with E-state index in [2.05, 4.69) is 11.6 Å². The Morgan fingerprint density at radius 3 is 2.67 bits per heavy atom. The smallest absolute Gasteiger partial charge is 0.279 e. The molecule has 0 bridgehead atoms. The van der Waals surface area contributed by atoms with Crippen molar-refractivity contribution in [3.05, 3.63) is 37.0 Å². The molecule has 0 aromatic carbocycles. The van der Waals surface area contributed by atoms with Gasteiger partial charge in [0, 0.05) is 18.5 Å². The molecule has 0 aliphatic carbocycles. The Kier molecular flexibility index (Phi) is 3.71. The lowest BCUT2D eigenvalue weighted by Gasteiger charge is -1.91. The van der Waals surface area contributed by atoms with E-state index in [0.717, 1.165) is 0 Å². The predicted molar refractivity (Wildman–Crippen MR) is 47.8 cm³/mol. The van der Waals surface area contributed by atoms with Crippen LogP contribution in [0.4, 0.5) is 0 Å². The van der Waals surface area contributed by atoms with Crippen LogP contribution >= 0.6 is 0 Å². The molecule has 1 heterocycles. The van der Waals surface area contributed by atoms with E-state index < -0.39 is 0 Å². The summed E-state index contributed by atoms with van der Waals surface area (Å²) >= 11 is 0. The van der Waals surface area contributed by atoms with E-state index in [1.807, 2.05) is 0 Å². The lowest BCUT2D eigenvalue weighted by molar-refractivity contribution is 0.176. The van der Waals surface area contributed by atoms with Gasteiger partial charge in [-0.1, -0.05) is 12.7 Å². The summed E-state index contributed by atoms with van der Waals surface area (Å²) in [4.78, 5) is 3.78. The van der Waals surface area contributed by atoms with Crippen molar-refractivity contribution in [1.29, 1.82) is 0 Å². The van der Waals surface area contributed by atoms with Crippen LogP contribution in [-0.4, -0.2) is 19.4 Å². The van der Waals surface area contributed by atoms with Crippen LogP contribution in [0.3, 0.4) is 0 Å². The summed E-state index contributed by atoms with van der Waals surface area (Å²) in [5, 5.41) is 0. The minimum atomic E-state index is 0.568. The van der Waals surface area contributed by atoms with Crippen LogP contribution in [0.25, 0.3) is 0 Å². The molecular formula is C9H11NO2. The van der Waals surface area contributed by atoms with E-state index in [9.17, 15) is 0 Å². The lowest BCUT2D eigenvalue weighted by atomic mass is 10.5. The molecule has 1 rings (SSSR count). The van der Waals surface area contributed by atoms with Crippen LogP contribution in [-0.2, 0) is 9.47 Å². The summed E-state index contributed by atoms with van der Waals surface area (Å²) in [6.45, 7) is 4.72. The third kappa shape index (κ3) is 3.05. The fraction of sp³-hybridized carbons (Fsp3) is 0.222. The van der Waals surface area contributed by atoms with Gasteiger partial charge in [-0.25, -0.2) is 0 Å². The van der Waals surface area contributed by atoms with Crippen LogP contribution in [0.2, 0.25) is 0 Å². The quantitative estimate of drug-likeness (QED) is 0.595. The van der Waals surface area contributed by atoms with Crippen molar-refractivity contribution in [3.63, 3.8) is 0 Å². The highest BCUT2D eigenvalue weighted by molar-refractivity contribution is 5.71. The third-order valence-electron chi connectivity index (χ3n) is 1.19.